The second kappa shape index (κ2) is 6.80. The molecule has 3 heteroatoms. The first-order chi connectivity index (χ1) is 7.69. The van der Waals surface area contributed by atoms with E-state index in [9.17, 15) is 4.79 Å². The van der Waals surface area contributed by atoms with E-state index >= 15 is 0 Å². The quantitative estimate of drug-likeness (QED) is 0.391. The van der Waals surface area contributed by atoms with E-state index in [0.717, 1.165) is 6.42 Å². The Bertz CT molecular complexity index is 249. The molecule has 0 aliphatic carbocycles. The van der Waals surface area contributed by atoms with Crippen molar-refractivity contribution in [3.63, 3.8) is 0 Å². The first kappa shape index (κ1) is 16.2. The second-order valence-electron chi connectivity index (χ2n) is 6.12. The monoisotopic (exact) mass is 242 g/mol. The van der Waals surface area contributed by atoms with Crippen LogP contribution in [0.3, 0.4) is 0 Å². The fourth-order valence-corrected chi connectivity index (χ4v) is 1.95. The zero-order chi connectivity index (χ0) is 13.5. The summed E-state index contributed by atoms with van der Waals surface area (Å²) in [4.78, 5) is 11.9. The number of ether oxygens (including phenoxy) is 2. The van der Waals surface area contributed by atoms with Crippen molar-refractivity contribution >= 4 is 5.97 Å². The van der Waals surface area contributed by atoms with Crippen LogP contribution in [0, 0.1) is 10.8 Å². The minimum absolute atomic E-state index is 0.113. The lowest BCUT2D eigenvalue weighted by Gasteiger charge is -2.30. The van der Waals surface area contributed by atoms with Crippen LogP contribution in [0.25, 0.3) is 0 Å². The zero-order valence-corrected chi connectivity index (χ0v) is 11.8. The van der Waals surface area contributed by atoms with Gasteiger partial charge in [-0.15, -0.1) is 6.58 Å². The van der Waals surface area contributed by atoms with Gasteiger partial charge < -0.3 is 9.47 Å². The topological polar surface area (TPSA) is 35.5 Å². The molecule has 0 saturated heterocycles. The van der Waals surface area contributed by atoms with Crippen LogP contribution in [0.4, 0.5) is 0 Å². The molecule has 0 radical (unpaired) electrons. The molecule has 0 unspecified atom stereocenters. The molecule has 0 amide bonds. The Morgan fingerprint density at radius 1 is 1.18 bits per heavy atom. The molecule has 0 aliphatic rings. The van der Waals surface area contributed by atoms with E-state index in [1.54, 1.807) is 6.08 Å². The van der Waals surface area contributed by atoms with E-state index in [-0.39, 0.29) is 11.4 Å². The van der Waals surface area contributed by atoms with Crippen LogP contribution in [0.2, 0.25) is 0 Å². The Balaban J connectivity index is 3.99. The van der Waals surface area contributed by atoms with Crippen LogP contribution in [0.1, 0.15) is 41.0 Å². The van der Waals surface area contributed by atoms with Crippen LogP contribution in [0.15, 0.2) is 12.7 Å². The van der Waals surface area contributed by atoms with Crippen molar-refractivity contribution in [2.45, 2.75) is 41.0 Å². The van der Waals surface area contributed by atoms with Gasteiger partial charge in [0, 0.05) is 0 Å². The first-order valence-electron chi connectivity index (χ1n) is 6.05. The molecule has 0 aromatic carbocycles. The highest BCUT2D eigenvalue weighted by atomic mass is 16.6. The maximum absolute atomic E-state index is 11.9. The molecule has 0 heterocycles. The summed E-state index contributed by atoms with van der Waals surface area (Å²) in [6.45, 7) is 15.0. The normalized spacial score (nSPS) is 12.3. The lowest BCUT2D eigenvalue weighted by atomic mass is 9.76. The van der Waals surface area contributed by atoms with Crippen molar-refractivity contribution in [1.82, 2.24) is 0 Å². The van der Waals surface area contributed by atoms with Crippen LogP contribution >= 0.6 is 0 Å². The fraction of sp³-hybridized carbons (Fsp3) is 0.786. The number of carbonyl (C=O) groups is 1. The number of hydrogen-bond donors (Lipinski definition) is 0. The molecule has 0 spiro atoms. The van der Waals surface area contributed by atoms with E-state index in [1.807, 2.05) is 13.8 Å². The molecule has 0 atom stereocenters. The summed E-state index contributed by atoms with van der Waals surface area (Å²) < 4.78 is 10.4. The average Bonchev–Trinajstić information content (AvgIpc) is 2.13. The van der Waals surface area contributed by atoms with Crippen LogP contribution in [-0.4, -0.2) is 25.8 Å². The van der Waals surface area contributed by atoms with E-state index in [0.29, 0.717) is 19.8 Å². The highest BCUT2D eigenvalue weighted by Gasteiger charge is 2.33. The predicted octanol–water partition coefficient (Wildman–Crippen LogP) is 3.19. The van der Waals surface area contributed by atoms with Gasteiger partial charge in [0.1, 0.15) is 6.61 Å². The Hall–Kier alpha value is -0.830. The molecule has 0 aliphatic heterocycles. The highest BCUT2D eigenvalue weighted by Crippen LogP contribution is 2.33. The number of rotatable bonds is 7. The third-order valence-electron chi connectivity index (χ3n) is 2.22. The summed E-state index contributed by atoms with van der Waals surface area (Å²) in [7, 11) is 0. The van der Waals surface area contributed by atoms with E-state index < -0.39 is 5.41 Å². The standard InChI is InChI=1S/C14H26O3/c1-7-8-16-9-10-17-12(15)14(5,6)11-13(2,3)4/h7H,1,8-11H2,2-6H3. The summed E-state index contributed by atoms with van der Waals surface area (Å²) in [5.41, 5.74) is -0.335. The van der Waals surface area contributed by atoms with Gasteiger partial charge in [0.2, 0.25) is 0 Å². The molecule has 0 N–H and O–H groups in total. The van der Waals surface area contributed by atoms with Gasteiger partial charge in [-0.1, -0.05) is 26.8 Å². The van der Waals surface area contributed by atoms with Gasteiger partial charge in [0.05, 0.1) is 18.6 Å². The summed E-state index contributed by atoms with van der Waals surface area (Å²) in [5.74, 6) is -0.158. The van der Waals surface area contributed by atoms with Crippen molar-refractivity contribution in [3.8, 4) is 0 Å². The third kappa shape index (κ3) is 7.97. The first-order valence-corrected chi connectivity index (χ1v) is 6.05. The molecule has 3 nitrogen and oxygen atoms in total. The number of carbonyl (C=O) groups excluding carboxylic acids is 1. The molecule has 100 valence electrons. The van der Waals surface area contributed by atoms with Crippen LogP contribution < -0.4 is 0 Å². The maximum atomic E-state index is 11.9. The minimum atomic E-state index is -0.448. The smallest absolute Gasteiger partial charge is 0.311 e. The highest BCUT2D eigenvalue weighted by molar-refractivity contribution is 5.75. The molecule has 0 aromatic heterocycles. The molecule has 0 fully saturated rings. The van der Waals surface area contributed by atoms with Gasteiger partial charge in [0.25, 0.3) is 0 Å². The van der Waals surface area contributed by atoms with Gasteiger partial charge in [0.15, 0.2) is 0 Å². The van der Waals surface area contributed by atoms with Gasteiger partial charge in [-0.05, 0) is 25.7 Å². The average molecular weight is 242 g/mol. The van der Waals surface area contributed by atoms with Crippen molar-refractivity contribution in [2.75, 3.05) is 19.8 Å². The Morgan fingerprint density at radius 3 is 2.24 bits per heavy atom. The Labute approximate surface area is 105 Å². The molecular weight excluding hydrogens is 216 g/mol. The number of hydrogen-bond acceptors (Lipinski definition) is 3. The van der Waals surface area contributed by atoms with Crippen molar-refractivity contribution in [2.24, 2.45) is 10.8 Å². The fourth-order valence-electron chi connectivity index (χ4n) is 1.95. The molecule has 0 rings (SSSR count). The van der Waals surface area contributed by atoms with E-state index in [1.165, 1.54) is 0 Å². The lowest BCUT2D eigenvalue weighted by molar-refractivity contribution is -0.157. The molecular formula is C14H26O3. The van der Waals surface area contributed by atoms with Gasteiger partial charge >= 0.3 is 5.97 Å². The predicted molar refractivity (Wildman–Crippen MR) is 69.8 cm³/mol. The molecule has 0 saturated carbocycles. The van der Waals surface area contributed by atoms with Gasteiger partial charge in [-0.25, -0.2) is 0 Å². The summed E-state index contributed by atoms with van der Waals surface area (Å²) in [6.07, 6.45) is 2.47. The summed E-state index contributed by atoms with van der Waals surface area (Å²) in [5, 5.41) is 0. The van der Waals surface area contributed by atoms with Crippen LogP contribution in [-0.2, 0) is 14.3 Å². The largest absolute Gasteiger partial charge is 0.463 e. The molecule has 17 heavy (non-hydrogen) atoms. The van der Waals surface area contributed by atoms with Crippen LogP contribution in [0.5, 0.6) is 0 Å². The van der Waals surface area contributed by atoms with Gasteiger partial charge in [-0.2, -0.15) is 0 Å². The Kier molecular flexibility index (Phi) is 6.46. The second-order valence-corrected chi connectivity index (χ2v) is 6.12. The summed E-state index contributed by atoms with van der Waals surface area (Å²) in [6, 6.07) is 0. The Morgan fingerprint density at radius 2 is 1.76 bits per heavy atom. The van der Waals surface area contributed by atoms with E-state index in [4.69, 9.17) is 9.47 Å². The maximum Gasteiger partial charge on any atom is 0.311 e. The minimum Gasteiger partial charge on any atom is -0.463 e. The lowest BCUT2D eigenvalue weighted by Crippen LogP contribution is -2.31. The molecule has 0 bridgehead atoms. The van der Waals surface area contributed by atoms with E-state index in [2.05, 4.69) is 27.4 Å². The SMILES string of the molecule is C=CCOCCOC(=O)C(C)(C)CC(C)(C)C. The van der Waals surface area contributed by atoms with Gasteiger partial charge in [-0.3, -0.25) is 4.79 Å². The van der Waals surface area contributed by atoms with Crippen molar-refractivity contribution < 1.29 is 14.3 Å². The summed E-state index contributed by atoms with van der Waals surface area (Å²) >= 11 is 0. The molecule has 0 aromatic rings. The van der Waals surface area contributed by atoms with Crippen molar-refractivity contribution in [1.29, 1.82) is 0 Å². The zero-order valence-electron chi connectivity index (χ0n) is 11.8. The number of esters is 1. The third-order valence-corrected chi connectivity index (χ3v) is 2.22. The van der Waals surface area contributed by atoms with Crippen molar-refractivity contribution in [3.05, 3.63) is 12.7 Å².